The van der Waals surface area contributed by atoms with Crippen LogP contribution in [0.3, 0.4) is 0 Å². The Morgan fingerprint density at radius 2 is 1.29 bits per heavy atom. The Morgan fingerprint density at radius 1 is 0.765 bits per heavy atom. The Bertz CT molecular complexity index is 1020. The first-order valence-corrected chi connectivity index (χ1v) is 13.5. The van der Waals surface area contributed by atoms with Crippen molar-refractivity contribution in [2.45, 2.75) is 45.6 Å². The van der Waals surface area contributed by atoms with Crippen LogP contribution >= 0.6 is 15.9 Å². The van der Waals surface area contributed by atoms with E-state index in [0.29, 0.717) is 6.61 Å². The second kappa shape index (κ2) is 12.9. The van der Waals surface area contributed by atoms with Crippen molar-refractivity contribution in [3.05, 3.63) is 102 Å². The Hall–Kier alpha value is -2.36. The van der Waals surface area contributed by atoms with Crippen LogP contribution in [0.15, 0.2) is 84.9 Å². The molecule has 0 saturated carbocycles. The minimum Gasteiger partial charge on any atom is -0.492 e. The second-order valence-electron chi connectivity index (χ2n) is 8.80. The van der Waals surface area contributed by atoms with E-state index in [1.165, 1.54) is 27.8 Å². The molecular weight excluding hydrogens is 482 g/mol. The Balaban J connectivity index is 1.82. The van der Waals surface area contributed by atoms with E-state index in [-0.39, 0.29) is 5.54 Å². The van der Waals surface area contributed by atoms with Gasteiger partial charge in [-0.05, 0) is 66.3 Å². The molecule has 0 unspecified atom stereocenters. The van der Waals surface area contributed by atoms with Crippen molar-refractivity contribution in [3.63, 3.8) is 0 Å². The van der Waals surface area contributed by atoms with Crippen molar-refractivity contribution in [1.29, 1.82) is 0 Å². The van der Waals surface area contributed by atoms with E-state index in [0.717, 1.165) is 36.9 Å². The van der Waals surface area contributed by atoms with Gasteiger partial charge in [0.05, 0.1) is 0 Å². The Labute approximate surface area is 214 Å². The minimum absolute atomic E-state index is 0.191. The summed E-state index contributed by atoms with van der Waals surface area (Å²) in [7, 11) is 2.20. The van der Waals surface area contributed by atoms with Gasteiger partial charge in [0.2, 0.25) is 0 Å². The summed E-state index contributed by atoms with van der Waals surface area (Å²) in [6.07, 6.45) is 3.20. The van der Waals surface area contributed by atoms with Gasteiger partial charge in [-0.25, -0.2) is 0 Å². The van der Waals surface area contributed by atoms with Crippen LogP contribution in [0.5, 0.6) is 5.75 Å². The molecule has 3 rings (SSSR count). The second-order valence-corrected chi connectivity index (χ2v) is 9.36. The van der Waals surface area contributed by atoms with Gasteiger partial charge in [-0.15, -0.1) is 0 Å². The van der Waals surface area contributed by atoms with Crippen molar-refractivity contribution in [2.75, 3.05) is 25.5 Å². The summed E-state index contributed by atoms with van der Waals surface area (Å²) >= 11 is 3.72. The van der Waals surface area contributed by atoms with E-state index in [1.807, 2.05) is 0 Å². The largest absolute Gasteiger partial charge is 0.492 e. The van der Waals surface area contributed by atoms with Gasteiger partial charge in [-0.1, -0.05) is 109 Å². The lowest BCUT2D eigenvalue weighted by atomic mass is 9.88. The van der Waals surface area contributed by atoms with Crippen molar-refractivity contribution in [3.8, 4) is 5.75 Å². The third kappa shape index (κ3) is 6.20. The number of allylic oxidation sites excluding steroid dienone is 1. The summed E-state index contributed by atoms with van der Waals surface area (Å²) in [6.45, 7) is 8.34. The van der Waals surface area contributed by atoms with Crippen molar-refractivity contribution in [1.82, 2.24) is 4.90 Å². The Kier molecular flexibility index (Phi) is 9.98. The van der Waals surface area contributed by atoms with E-state index in [4.69, 9.17) is 4.74 Å². The first-order chi connectivity index (χ1) is 16.6. The van der Waals surface area contributed by atoms with Gasteiger partial charge >= 0.3 is 0 Å². The fourth-order valence-electron chi connectivity index (χ4n) is 4.62. The molecule has 0 aliphatic carbocycles. The predicted octanol–water partition coefficient (Wildman–Crippen LogP) is 8.32. The summed E-state index contributed by atoms with van der Waals surface area (Å²) < 4.78 is 6.14. The lowest BCUT2D eigenvalue weighted by molar-refractivity contribution is 0.111. The molecule has 0 aliphatic heterocycles. The molecule has 180 valence electrons. The van der Waals surface area contributed by atoms with Gasteiger partial charge in [0, 0.05) is 17.4 Å². The highest BCUT2D eigenvalue weighted by Crippen LogP contribution is 2.35. The first-order valence-electron chi connectivity index (χ1n) is 12.4. The smallest absolute Gasteiger partial charge is 0.119 e. The van der Waals surface area contributed by atoms with E-state index >= 15 is 0 Å². The van der Waals surface area contributed by atoms with Crippen LogP contribution in [-0.4, -0.2) is 36.0 Å². The molecular formula is C31H38BrNO. The molecule has 0 fully saturated rings. The lowest BCUT2D eigenvalue weighted by Gasteiger charge is -2.39. The van der Waals surface area contributed by atoms with Crippen LogP contribution in [0.4, 0.5) is 0 Å². The van der Waals surface area contributed by atoms with Crippen LogP contribution < -0.4 is 4.74 Å². The summed E-state index contributed by atoms with van der Waals surface area (Å²) in [5.74, 6) is 0.916. The zero-order valence-corrected chi connectivity index (χ0v) is 22.6. The number of hydrogen-bond acceptors (Lipinski definition) is 2. The number of benzene rings is 3. The zero-order chi connectivity index (χ0) is 24.4. The molecule has 0 radical (unpaired) electrons. The number of likely N-dealkylation sites (N-methyl/N-ethyl adjacent to an activating group) is 1. The van der Waals surface area contributed by atoms with Gasteiger partial charge in [0.25, 0.3) is 0 Å². The average molecular weight is 521 g/mol. The summed E-state index contributed by atoms with van der Waals surface area (Å²) in [5, 5.41) is 0.980. The number of ether oxygens (including phenoxy) is 1. The van der Waals surface area contributed by atoms with Gasteiger partial charge in [-0.2, -0.15) is 0 Å². The van der Waals surface area contributed by atoms with Crippen LogP contribution in [0, 0.1) is 0 Å². The van der Waals surface area contributed by atoms with E-state index in [2.05, 4.69) is 134 Å². The van der Waals surface area contributed by atoms with Gasteiger partial charge < -0.3 is 4.74 Å². The molecule has 0 bridgehead atoms. The van der Waals surface area contributed by atoms with E-state index in [9.17, 15) is 0 Å². The Morgan fingerprint density at radius 3 is 1.79 bits per heavy atom. The molecule has 0 heterocycles. The standard InChI is InChI=1S/C31H38BrNO/c1-5-29(25-14-10-8-11-15-25)30(26-16-12-9-13-17-26)27-18-20-28(21-19-27)34-23-22-33(4)31(6-2,7-3)24-32/h8-21H,5-7,22-24H2,1-4H3/b30-29-. The van der Waals surface area contributed by atoms with Crippen molar-refractivity contribution < 1.29 is 4.74 Å². The molecule has 3 aromatic carbocycles. The number of nitrogens with zero attached hydrogens (tertiary/aromatic N) is 1. The maximum absolute atomic E-state index is 6.14. The quantitative estimate of drug-likeness (QED) is 0.176. The average Bonchev–Trinajstić information content (AvgIpc) is 2.90. The van der Waals surface area contributed by atoms with Crippen LogP contribution in [-0.2, 0) is 0 Å². The zero-order valence-electron chi connectivity index (χ0n) is 21.1. The monoisotopic (exact) mass is 519 g/mol. The summed E-state index contributed by atoms with van der Waals surface area (Å²) in [4.78, 5) is 2.43. The van der Waals surface area contributed by atoms with E-state index in [1.54, 1.807) is 0 Å². The molecule has 0 N–H and O–H groups in total. The molecule has 34 heavy (non-hydrogen) atoms. The highest BCUT2D eigenvalue weighted by Gasteiger charge is 2.29. The highest BCUT2D eigenvalue weighted by atomic mass is 79.9. The molecule has 0 amide bonds. The third-order valence-electron chi connectivity index (χ3n) is 7.05. The van der Waals surface area contributed by atoms with Crippen molar-refractivity contribution >= 4 is 27.1 Å². The van der Waals surface area contributed by atoms with Gasteiger partial charge in [0.15, 0.2) is 0 Å². The number of halogens is 1. The van der Waals surface area contributed by atoms with Crippen LogP contribution in [0.25, 0.3) is 11.1 Å². The fourth-order valence-corrected chi connectivity index (χ4v) is 5.84. The molecule has 0 atom stereocenters. The number of alkyl halides is 1. The molecule has 2 nitrogen and oxygen atoms in total. The molecule has 0 aromatic heterocycles. The summed E-state index contributed by atoms with van der Waals surface area (Å²) in [6, 6.07) is 30.0. The molecule has 0 spiro atoms. The summed E-state index contributed by atoms with van der Waals surface area (Å²) in [5.41, 5.74) is 6.56. The SMILES string of the molecule is CC/C(=C(\c1ccccc1)c1ccc(OCCN(C)C(CC)(CC)CBr)cc1)c1ccccc1. The maximum atomic E-state index is 6.14. The normalized spacial score (nSPS) is 12.5. The highest BCUT2D eigenvalue weighted by molar-refractivity contribution is 9.09. The number of hydrogen-bond donors (Lipinski definition) is 0. The van der Waals surface area contributed by atoms with Crippen LogP contribution in [0.1, 0.15) is 56.7 Å². The minimum atomic E-state index is 0.191. The van der Waals surface area contributed by atoms with Gasteiger partial charge in [0.1, 0.15) is 12.4 Å². The van der Waals surface area contributed by atoms with Crippen LogP contribution in [0.2, 0.25) is 0 Å². The van der Waals surface area contributed by atoms with E-state index < -0.39 is 0 Å². The maximum Gasteiger partial charge on any atom is 0.119 e. The fraction of sp³-hybridized carbons (Fsp3) is 0.355. The van der Waals surface area contributed by atoms with Crippen molar-refractivity contribution in [2.24, 2.45) is 0 Å². The first kappa shape index (κ1) is 26.2. The predicted molar refractivity (Wildman–Crippen MR) is 151 cm³/mol. The topological polar surface area (TPSA) is 12.5 Å². The number of rotatable bonds is 12. The van der Waals surface area contributed by atoms with Gasteiger partial charge in [-0.3, -0.25) is 4.90 Å². The molecule has 3 aromatic rings. The molecule has 0 saturated heterocycles. The molecule has 3 heteroatoms. The third-order valence-corrected chi connectivity index (χ3v) is 8.10. The lowest BCUT2D eigenvalue weighted by Crippen LogP contribution is -2.48. The molecule has 0 aliphatic rings.